The molecule has 0 atom stereocenters. The van der Waals surface area contributed by atoms with Crippen molar-refractivity contribution in [2.45, 2.75) is 24.3 Å². The van der Waals surface area contributed by atoms with Gasteiger partial charge in [0.2, 0.25) is 5.91 Å². The minimum absolute atomic E-state index is 0.0403. The monoisotopic (exact) mass is 398 g/mol. The summed E-state index contributed by atoms with van der Waals surface area (Å²) in [5, 5.41) is 2.63. The van der Waals surface area contributed by atoms with Crippen LogP contribution in [-0.2, 0) is 17.9 Å². The second kappa shape index (κ2) is 9.66. The zero-order valence-corrected chi connectivity index (χ0v) is 15.9. The molecule has 0 aliphatic carbocycles. The van der Waals surface area contributed by atoms with Crippen LogP contribution in [0.1, 0.15) is 11.1 Å². The summed E-state index contributed by atoms with van der Waals surface area (Å²) in [4.78, 5) is 15.1. The first kappa shape index (κ1) is 21.1. The SMILES string of the molecule is CSc1ccc(CN(C)CC(=O)NCc2ccccc2OC(F)(F)F)cc1. The number of ether oxygens (including phenoxy) is 1. The van der Waals surface area contributed by atoms with Gasteiger partial charge in [-0.3, -0.25) is 9.69 Å². The number of benzene rings is 2. The van der Waals surface area contributed by atoms with E-state index in [2.05, 4.69) is 10.1 Å². The molecule has 0 saturated carbocycles. The molecule has 0 spiro atoms. The van der Waals surface area contributed by atoms with E-state index in [1.807, 2.05) is 42.5 Å². The Hall–Kier alpha value is -2.19. The smallest absolute Gasteiger partial charge is 0.405 e. The van der Waals surface area contributed by atoms with Crippen molar-refractivity contribution in [3.63, 3.8) is 0 Å². The van der Waals surface area contributed by atoms with E-state index in [4.69, 9.17) is 0 Å². The lowest BCUT2D eigenvalue weighted by Crippen LogP contribution is -2.34. The Kier molecular flexibility index (Phi) is 7.55. The average Bonchev–Trinajstić information content (AvgIpc) is 2.60. The molecule has 0 aliphatic heterocycles. The molecule has 2 aromatic rings. The van der Waals surface area contributed by atoms with Crippen molar-refractivity contribution in [1.82, 2.24) is 10.2 Å². The molecule has 1 amide bonds. The molecule has 2 rings (SSSR count). The molecule has 0 saturated heterocycles. The molecule has 2 aromatic carbocycles. The lowest BCUT2D eigenvalue weighted by atomic mass is 10.2. The second-order valence-electron chi connectivity index (χ2n) is 5.95. The molecule has 4 nitrogen and oxygen atoms in total. The van der Waals surface area contributed by atoms with Crippen molar-refractivity contribution in [2.75, 3.05) is 19.8 Å². The van der Waals surface area contributed by atoms with Crippen LogP contribution in [0.15, 0.2) is 53.4 Å². The number of nitrogens with zero attached hydrogens (tertiary/aromatic N) is 1. The third kappa shape index (κ3) is 7.52. The third-order valence-electron chi connectivity index (χ3n) is 3.70. The van der Waals surface area contributed by atoms with Gasteiger partial charge in [0.05, 0.1) is 6.54 Å². The Morgan fingerprint density at radius 3 is 2.44 bits per heavy atom. The van der Waals surface area contributed by atoms with Crippen molar-refractivity contribution in [1.29, 1.82) is 0 Å². The van der Waals surface area contributed by atoms with Gasteiger partial charge in [-0.05, 0) is 37.1 Å². The lowest BCUT2D eigenvalue weighted by Gasteiger charge is -2.17. The Bertz CT molecular complexity index is 751. The van der Waals surface area contributed by atoms with Crippen LogP contribution in [-0.4, -0.2) is 37.0 Å². The van der Waals surface area contributed by atoms with Crippen LogP contribution in [0.25, 0.3) is 0 Å². The van der Waals surface area contributed by atoms with Crippen molar-refractivity contribution >= 4 is 17.7 Å². The largest absolute Gasteiger partial charge is 0.573 e. The molecule has 0 aromatic heterocycles. The Morgan fingerprint density at radius 1 is 1.15 bits per heavy atom. The number of alkyl halides is 3. The molecular weight excluding hydrogens is 377 g/mol. The molecule has 0 aliphatic rings. The zero-order chi connectivity index (χ0) is 19.9. The number of rotatable bonds is 8. The topological polar surface area (TPSA) is 41.6 Å². The van der Waals surface area contributed by atoms with Gasteiger partial charge in [0.25, 0.3) is 0 Å². The minimum Gasteiger partial charge on any atom is -0.405 e. The summed E-state index contributed by atoms with van der Waals surface area (Å²) in [7, 11) is 1.81. The van der Waals surface area contributed by atoms with E-state index in [0.29, 0.717) is 6.54 Å². The maximum atomic E-state index is 12.4. The van der Waals surface area contributed by atoms with Crippen LogP contribution < -0.4 is 10.1 Å². The molecular formula is C19H21F3N2O2S. The van der Waals surface area contributed by atoms with Gasteiger partial charge >= 0.3 is 6.36 Å². The molecule has 27 heavy (non-hydrogen) atoms. The number of hydrogen-bond donors (Lipinski definition) is 1. The summed E-state index contributed by atoms with van der Waals surface area (Å²) in [6, 6.07) is 13.8. The normalized spacial score (nSPS) is 11.5. The number of thioether (sulfide) groups is 1. The number of carbonyl (C=O) groups is 1. The highest BCUT2D eigenvalue weighted by Crippen LogP contribution is 2.26. The first-order valence-electron chi connectivity index (χ1n) is 8.18. The number of hydrogen-bond acceptors (Lipinski definition) is 4. The predicted octanol–water partition coefficient (Wildman–Crippen LogP) is 4.06. The van der Waals surface area contributed by atoms with Gasteiger partial charge in [-0.1, -0.05) is 30.3 Å². The third-order valence-corrected chi connectivity index (χ3v) is 4.44. The average molecular weight is 398 g/mol. The number of nitrogens with one attached hydrogen (secondary N) is 1. The van der Waals surface area contributed by atoms with Crippen molar-refractivity contribution in [2.24, 2.45) is 0 Å². The minimum atomic E-state index is -4.77. The number of para-hydroxylation sites is 1. The number of likely N-dealkylation sites (N-methyl/N-ethyl adjacent to an activating group) is 1. The first-order chi connectivity index (χ1) is 12.8. The Morgan fingerprint density at radius 2 is 1.81 bits per heavy atom. The summed E-state index contributed by atoms with van der Waals surface area (Å²) in [6.07, 6.45) is -2.77. The van der Waals surface area contributed by atoms with E-state index in [9.17, 15) is 18.0 Å². The van der Waals surface area contributed by atoms with Crippen LogP contribution in [0, 0.1) is 0 Å². The Labute approximate surface area is 160 Å². The van der Waals surface area contributed by atoms with Crippen LogP contribution in [0.3, 0.4) is 0 Å². The van der Waals surface area contributed by atoms with Gasteiger partial charge in [-0.2, -0.15) is 0 Å². The molecule has 1 N–H and O–H groups in total. The van der Waals surface area contributed by atoms with Gasteiger partial charge in [0.1, 0.15) is 5.75 Å². The number of amides is 1. The molecule has 0 heterocycles. The fraction of sp³-hybridized carbons (Fsp3) is 0.316. The van der Waals surface area contributed by atoms with Crippen molar-refractivity contribution in [3.8, 4) is 5.75 Å². The highest BCUT2D eigenvalue weighted by atomic mass is 32.2. The van der Waals surface area contributed by atoms with Gasteiger partial charge in [0.15, 0.2) is 0 Å². The molecule has 0 radical (unpaired) electrons. The van der Waals surface area contributed by atoms with E-state index in [1.165, 1.54) is 23.1 Å². The molecule has 0 bridgehead atoms. The number of halogens is 3. The van der Waals surface area contributed by atoms with Gasteiger partial charge < -0.3 is 10.1 Å². The lowest BCUT2D eigenvalue weighted by molar-refractivity contribution is -0.274. The maximum absolute atomic E-state index is 12.4. The van der Waals surface area contributed by atoms with E-state index in [0.717, 1.165) is 5.56 Å². The number of carbonyl (C=O) groups excluding carboxylic acids is 1. The summed E-state index contributed by atoms with van der Waals surface area (Å²) in [5.41, 5.74) is 1.34. The summed E-state index contributed by atoms with van der Waals surface area (Å²) in [5.74, 6) is -0.590. The first-order valence-corrected chi connectivity index (χ1v) is 9.41. The summed E-state index contributed by atoms with van der Waals surface area (Å²) in [6.45, 7) is 0.684. The fourth-order valence-corrected chi connectivity index (χ4v) is 2.88. The summed E-state index contributed by atoms with van der Waals surface area (Å²) < 4.78 is 41.3. The fourth-order valence-electron chi connectivity index (χ4n) is 2.47. The van der Waals surface area contributed by atoms with Crippen molar-refractivity contribution in [3.05, 3.63) is 59.7 Å². The van der Waals surface area contributed by atoms with E-state index < -0.39 is 6.36 Å². The van der Waals surface area contributed by atoms with Crippen LogP contribution >= 0.6 is 11.8 Å². The van der Waals surface area contributed by atoms with Crippen molar-refractivity contribution < 1.29 is 22.7 Å². The van der Waals surface area contributed by atoms with E-state index in [-0.39, 0.29) is 30.3 Å². The van der Waals surface area contributed by atoms with Gasteiger partial charge in [-0.15, -0.1) is 24.9 Å². The molecule has 146 valence electrons. The standard InChI is InChI=1S/C19H21F3N2O2S/c1-24(12-14-7-9-16(27-2)10-8-14)13-18(25)23-11-15-5-3-4-6-17(15)26-19(20,21)22/h3-10H,11-13H2,1-2H3,(H,23,25). The molecule has 0 fully saturated rings. The summed E-state index contributed by atoms with van der Waals surface area (Å²) >= 11 is 1.66. The second-order valence-corrected chi connectivity index (χ2v) is 6.83. The Balaban J connectivity index is 1.85. The maximum Gasteiger partial charge on any atom is 0.573 e. The van der Waals surface area contributed by atoms with Crippen LogP contribution in [0.5, 0.6) is 5.75 Å². The zero-order valence-electron chi connectivity index (χ0n) is 15.0. The van der Waals surface area contributed by atoms with Gasteiger partial charge in [0, 0.05) is 23.5 Å². The van der Waals surface area contributed by atoms with E-state index in [1.54, 1.807) is 17.8 Å². The molecule has 0 unspecified atom stereocenters. The van der Waals surface area contributed by atoms with Crippen LogP contribution in [0.4, 0.5) is 13.2 Å². The predicted molar refractivity (Wildman–Crippen MR) is 99.5 cm³/mol. The highest BCUT2D eigenvalue weighted by Gasteiger charge is 2.31. The van der Waals surface area contributed by atoms with Crippen LogP contribution in [0.2, 0.25) is 0 Å². The quantitative estimate of drug-likeness (QED) is 0.681. The van der Waals surface area contributed by atoms with E-state index >= 15 is 0 Å². The van der Waals surface area contributed by atoms with Gasteiger partial charge in [-0.25, -0.2) is 0 Å². The highest BCUT2D eigenvalue weighted by molar-refractivity contribution is 7.98. The molecule has 8 heteroatoms.